The Kier molecular flexibility index (Phi) is 4.20. The van der Waals surface area contributed by atoms with Crippen molar-refractivity contribution in [2.75, 3.05) is 25.1 Å². The van der Waals surface area contributed by atoms with E-state index in [-0.39, 0.29) is 17.8 Å². The fourth-order valence-electron chi connectivity index (χ4n) is 3.80. The normalized spacial score (nSPS) is 23.0. The zero-order valence-corrected chi connectivity index (χ0v) is 13.4. The summed E-state index contributed by atoms with van der Waals surface area (Å²) in [5.41, 5.74) is 0.567. The molecule has 1 unspecified atom stereocenters. The van der Waals surface area contributed by atoms with E-state index in [1.807, 2.05) is 0 Å². The summed E-state index contributed by atoms with van der Waals surface area (Å²) < 4.78 is 18.8. The first-order valence-corrected chi connectivity index (χ1v) is 8.50. The number of rotatable bonds is 3. The Morgan fingerprint density at radius 3 is 3.04 bits per heavy atom. The molecule has 1 saturated carbocycles. The van der Waals surface area contributed by atoms with Gasteiger partial charge < -0.3 is 10.1 Å². The van der Waals surface area contributed by atoms with Gasteiger partial charge in [0.15, 0.2) is 5.82 Å². The molecule has 2 aliphatic rings. The van der Waals surface area contributed by atoms with Gasteiger partial charge in [0.05, 0.1) is 18.7 Å². The number of carbonyl (C=O) groups is 1. The standard InChI is InChI=1S/C17H21FN4O2/c18-11-5-6-13-14(9-11)20-21-16(13)19-17(23)15-10-24-8-7-22(15)12-3-1-2-4-12/h5-6,9,12,15H,1-4,7-8,10H2,(H2,19,20,21,23). The summed E-state index contributed by atoms with van der Waals surface area (Å²) in [4.78, 5) is 15.1. The lowest BCUT2D eigenvalue weighted by atomic mass is 10.1. The molecule has 1 aliphatic heterocycles. The van der Waals surface area contributed by atoms with Crippen molar-refractivity contribution in [3.63, 3.8) is 0 Å². The van der Waals surface area contributed by atoms with Crippen molar-refractivity contribution in [1.82, 2.24) is 15.1 Å². The number of anilines is 1. The number of H-pyrrole nitrogens is 1. The van der Waals surface area contributed by atoms with Gasteiger partial charge >= 0.3 is 0 Å². The first kappa shape index (κ1) is 15.5. The van der Waals surface area contributed by atoms with Crippen molar-refractivity contribution >= 4 is 22.6 Å². The van der Waals surface area contributed by atoms with Crippen molar-refractivity contribution in [2.45, 2.75) is 37.8 Å². The second-order valence-corrected chi connectivity index (χ2v) is 6.52. The molecule has 24 heavy (non-hydrogen) atoms. The maximum absolute atomic E-state index is 13.3. The largest absolute Gasteiger partial charge is 0.378 e. The van der Waals surface area contributed by atoms with Crippen LogP contribution in [-0.4, -0.2) is 52.8 Å². The van der Waals surface area contributed by atoms with E-state index in [0.717, 1.165) is 19.4 Å². The molecule has 2 aromatic rings. The topological polar surface area (TPSA) is 70.2 Å². The molecule has 2 heterocycles. The molecule has 1 saturated heterocycles. The summed E-state index contributed by atoms with van der Waals surface area (Å²) in [6, 6.07) is 4.52. The molecule has 4 rings (SSSR count). The van der Waals surface area contributed by atoms with Crippen LogP contribution < -0.4 is 5.32 Å². The maximum Gasteiger partial charge on any atom is 0.245 e. The maximum atomic E-state index is 13.3. The molecule has 0 spiro atoms. The summed E-state index contributed by atoms with van der Waals surface area (Å²) in [5.74, 6) is -0.0108. The summed E-state index contributed by atoms with van der Waals surface area (Å²) in [6.07, 6.45) is 4.75. The fourth-order valence-corrected chi connectivity index (χ4v) is 3.80. The number of nitrogens with one attached hydrogen (secondary N) is 2. The van der Waals surface area contributed by atoms with E-state index >= 15 is 0 Å². The number of carbonyl (C=O) groups excluding carboxylic acids is 1. The summed E-state index contributed by atoms with van der Waals surface area (Å²) in [6.45, 7) is 1.86. The zero-order chi connectivity index (χ0) is 16.5. The highest BCUT2D eigenvalue weighted by atomic mass is 19.1. The number of amides is 1. The highest BCUT2D eigenvalue weighted by Crippen LogP contribution is 2.27. The SMILES string of the molecule is O=C(Nc1n[nH]c2cc(F)ccc12)C1COCCN1C1CCCC1. The number of ether oxygens (including phenoxy) is 1. The lowest BCUT2D eigenvalue weighted by molar-refractivity contribution is -0.129. The van der Waals surface area contributed by atoms with E-state index in [0.29, 0.717) is 36.0 Å². The molecule has 1 aliphatic carbocycles. The molecule has 2 N–H and O–H groups in total. The van der Waals surface area contributed by atoms with E-state index in [2.05, 4.69) is 20.4 Å². The van der Waals surface area contributed by atoms with Gasteiger partial charge in [-0.15, -0.1) is 0 Å². The van der Waals surface area contributed by atoms with Gasteiger partial charge in [-0.2, -0.15) is 5.10 Å². The molecule has 1 aromatic heterocycles. The molecular formula is C17H21FN4O2. The first-order valence-electron chi connectivity index (χ1n) is 8.50. The molecule has 0 radical (unpaired) electrons. The van der Waals surface area contributed by atoms with Crippen LogP contribution >= 0.6 is 0 Å². The van der Waals surface area contributed by atoms with Crippen LogP contribution in [0.4, 0.5) is 10.2 Å². The lowest BCUT2D eigenvalue weighted by Crippen LogP contribution is -2.55. The number of morpholine rings is 1. The smallest absolute Gasteiger partial charge is 0.245 e. The second-order valence-electron chi connectivity index (χ2n) is 6.52. The fraction of sp³-hybridized carbons (Fsp3) is 0.529. The molecule has 1 amide bonds. The van der Waals surface area contributed by atoms with Gasteiger partial charge in [0.1, 0.15) is 11.9 Å². The molecule has 6 nitrogen and oxygen atoms in total. The van der Waals surface area contributed by atoms with Gasteiger partial charge in [0, 0.05) is 18.0 Å². The minimum Gasteiger partial charge on any atom is -0.378 e. The van der Waals surface area contributed by atoms with Crippen LogP contribution in [0.2, 0.25) is 0 Å². The Bertz CT molecular complexity index is 741. The molecule has 7 heteroatoms. The number of hydrogen-bond donors (Lipinski definition) is 2. The lowest BCUT2D eigenvalue weighted by Gasteiger charge is -2.38. The number of aromatic nitrogens is 2. The number of benzene rings is 1. The third-order valence-corrected chi connectivity index (χ3v) is 5.03. The Balaban J connectivity index is 1.53. The molecule has 128 valence electrons. The van der Waals surface area contributed by atoms with Crippen LogP contribution in [0, 0.1) is 5.82 Å². The van der Waals surface area contributed by atoms with E-state index in [1.54, 1.807) is 6.07 Å². The number of nitrogens with zero attached hydrogens (tertiary/aromatic N) is 2. The molecule has 0 bridgehead atoms. The van der Waals surface area contributed by atoms with Crippen molar-refractivity contribution in [1.29, 1.82) is 0 Å². The number of hydrogen-bond acceptors (Lipinski definition) is 4. The van der Waals surface area contributed by atoms with Gasteiger partial charge in [-0.25, -0.2) is 4.39 Å². The van der Waals surface area contributed by atoms with Crippen LogP contribution in [0.25, 0.3) is 10.9 Å². The first-order chi connectivity index (χ1) is 11.7. The highest BCUT2D eigenvalue weighted by Gasteiger charge is 2.35. The Hall–Kier alpha value is -1.99. The van der Waals surface area contributed by atoms with Crippen LogP contribution in [0.15, 0.2) is 18.2 Å². The monoisotopic (exact) mass is 332 g/mol. The second kappa shape index (κ2) is 6.49. The Labute approximate surface area is 139 Å². The van der Waals surface area contributed by atoms with E-state index < -0.39 is 0 Å². The quantitative estimate of drug-likeness (QED) is 0.905. The van der Waals surface area contributed by atoms with E-state index in [1.165, 1.54) is 25.0 Å². The van der Waals surface area contributed by atoms with Gasteiger partial charge in [0.2, 0.25) is 5.91 Å². The molecule has 1 aromatic carbocycles. The van der Waals surface area contributed by atoms with Crippen molar-refractivity contribution in [3.8, 4) is 0 Å². The third kappa shape index (κ3) is 2.89. The third-order valence-electron chi connectivity index (χ3n) is 5.03. The van der Waals surface area contributed by atoms with Crippen LogP contribution in [0.5, 0.6) is 0 Å². The van der Waals surface area contributed by atoms with Gasteiger partial charge in [-0.1, -0.05) is 12.8 Å². The van der Waals surface area contributed by atoms with E-state index in [9.17, 15) is 9.18 Å². The van der Waals surface area contributed by atoms with Crippen LogP contribution in [0.3, 0.4) is 0 Å². The predicted octanol–water partition coefficient (Wildman–Crippen LogP) is 2.28. The predicted molar refractivity (Wildman–Crippen MR) is 88.3 cm³/mol. The average Bonchev–Trinajstić information content (AvgIpc) is 3.25. The molecule has 2 fully saturated rings. The zero-order valence-electron chi connectivity index (χ0n) is 13.4. The Morgan fingerprint density at radius 2 is 2.21 bits per heavy atom. The minimum atomic E-state index is -0.336. The van der Waals surface area contributed by atoms with Gasteiger partial charge in [0.25, 0.3) is 0 Å². The molecular weight excluding hydrogens is 311 g/mol. The summed E-state index contributed by atoms with van der Waals surface area (Å²) >= 11 is 0. The molecule has 1 atom stereocenters. The van der Waals surface area contributed by atoms with Gasteiger partial charge in [-0.3, -0.25) is 14.8 Å². The van der Waals surface area contributed by atoms with Crippen LogP contribution in [0.1, 0.15) is 25.7 Å². The van der Waals surface area contributed by atoms with Crippen LogP contribution in [-0.2, 0) is 9.53 Å². The summed E-state index contributed by atoms with van der Waals surface area (Å²) in [5, 5.41) is 10.4. The van der Waals surface area contributed by atoms with E-state index in [4.69, 9.17) is 4.74 Å². The van der Waals surface area contributed by atoms with Crippen molar-refractivity contribution in [2.24, 2.45) is 0 Å². The van der Waals surface area contributed by atoms with Crippen molar-refractivity contribution < 1.29 is 13.9 Å². The number of fused-ring (bicyclic) bond motifs is 1. The van der Waals surface area contributed by atoms with Gasteiger partial charge in [-0.05, 0) is 31.0 Å². The number of halogens is 1. The Morgan fingerprint density at radius 1 is 1.38 bits per heavy atom. The average molecular weight is 332 g/mol. The highest BCUT2D eigenvalue weighted by molar-refractivity contribution is 6.01. The number of aromatic amines is 1. The minimum absolute atomic E-state index is 0.112. The summed E-state index contributed by atoms with van der Waals surface area (Å²) in [7, 11) is 0. The van der Waals surface area contributed by atoms with Crippen molar-refractivity contribution in [3.05, 3.63) is 24.0 Å².